The first-order valence-electron chi connectivity index (χ1n) is 2.72. The molecule has 0 N–H and O–H groups in total. The van der Waals surface area contributed by atoms with E-state index in [1.165, 1.54) is 0 Å². The zero-order chi connectivity index (χ0) is 5.56. The molecule has 3 nitrogen and oxygen atoms in total. The number of rotatable bonds is 0. The number of carbonyl (C=O) groups excluding carboxylic acids is 1. The van der Waals surface area contributed by atoms with Crippen LogP contribution in [0.1, 0.15) is 12.8 Å². The van der Waals surface area contributed by atoms with Crippen LogP contribution in [-0.4, -0.2) is 18.4 Å². The highest BCUT2D eigenvalue weighted by molar-refractivity contribution is 5.62. The van der Waals surface area contributed by atoms with Gasteiger partial charge in [-0.05, 0) is 0 Å². The highest BCUT2D eigenvalue weighted by Crippen LogP contribution is 2.31. The minimum Gasteiger partial charge on any atom is -0.431 e. The number of fused-ring (bicyclic) bond motifs is 2. The molecule has 0 radical (unpaired) electrons. The van der Waals surface area contributed by atoms with Crippen LogP contribution in [0, 0.1) is 0 Å². The van der Waals surface area contributed by atoms with Gasteiger partial charge in [-0.25, -0.2) is 4.79 Å². The van der Waals surface area contributed by atoms with Crippen LogP contribution in [-0.2, 0) is 9.47 Å². The van der Waals surface area contributed by atoms with Gasteiger partial charge in [0.2, 0.25) is 0 Å². The Bertz CT molecular complexity index is 114. The van der Waals surface area contributed by atoms with E-state index in [9.17, 15) is 4.79 Å². The first-order valence-corrected chi connectivity index (χ1v) is 2.72. The maximum atomic E-state index is 10.3. The van der Waals surface area contributed by atoms with Crippen molar-refractivity contribution in [2.24, 2.45) is 0 Å². The molecule has 1 saturated carbocycles. The molecule has 0 aromatic rings. The molecule has 2 bridgehead atoms. The van der Waals surface area contributed by atoms with Crippen molar-refractivity contribution in [2.75, 3.05) is 0 Å². The monoisotopic (exact) mass is 114 g/mol. The topological polar surface area (TPSA) is 35.5 Å². The molecule has 2 aliphatic heterocycles. The minimum absolute atomic E-state index is 0.182. The van der Waals surface area contributed by atoms with Gasteiger partial charge < -0.3 is 9.47 Å². The fourth-order valence-corrected chi connectivity index (χ4v) is 1.01. The van der Waals surface area contributed by atoms with Crippen LogP contribution in [0.15, 0.2) is 0 Å². The lowest BCUT2D eigenvalue weighted by Crippen LogP contribution is -2.46. The van der Waals surface area contributed by atoms with E-state index in [1.54, 1.807) is 0 Å². The second-order valence-corrected chi connectivity index (χ2v) is 2.20. The van der Waals surface area contributed by atoms with E-state index in [-0.39, 0.29) is 12.2 Å². The molecule has 1 aliphatic carbocycles. The van der Waals surface area contributed by atoms with Crippen LogP contribution >= 0.6 is 0 Å². The number of carbonyl (C=O) groups is 1. The van der Waals surface area contributed by atoms with Gasteiger partial charge in [-0.1, -0.05) is 0 Å². The van der Waals surface area contributed by atoms with Gasteiger partial charge in [0.05, 0.1) is 0 Å². The van der Waals surface area contributed by atoms with Gasteiger partial charge in [-0.15, -0.1) is 0 Å². The van der Waals surface area contributed by atoms with Crippen LogP contribution < -0.4 is 0 Å². The second-order valence-electron chi connectivity index (χ2n) is 2.20. The van der Waals surface area contributed by atoms with Crippen LogP contribution in [0.3, 0.4) is 0 Å². The van der Waals surface area contributed by atoms with Crippen molar-refractivity contribution in [2.45, 2.75) is 25.0 Å². The Balaban J connectivity index is 2.07. The van der Waals surface area contributed by atoms with Crippen molar-refractivity contribution in [3.8, 4) is 0 Å². The van der Waals surface area contributed by atoms with Crippen molar-refractivity contribution in [1.82, 2.24) is 0 Å². The highest BCUT2D eigenvalue weighted by atomic mass is 16.8. The Hall–Kier alpha value is -0.730. The first-order chi connectivity index (χ1) is 3.84. The summed E-state index contributed by atoms with van der Waals surface area (Å²) in [7, 11) is 0. The predicted molar refractivity (Wildman–Crippen MR) is 24.4 cm³/mol. The fraction of sp³-hybridized carbons (Fsp3) is 0.800. The largest absolute Gasteiger partial charge is 0.508 e. The number of hydrogen-bond donors (Lipinski definition) is 0. The van der Waals surface area contributed by atoms with Crippen molar-refractivity contribution in [3.63, 3.8) is 0 Å². The van der Waals surface area contributed by atoms with E-state index in [4.69, 9.17) is 9.47 Å². The van der Waals surface area contributed by atoms with E-state index in [0.717, 1.165) is 12.8 Å². The third-order valence-electron chi connectivity index (χ3n) is 1.58. The average molecular weight is 114 g/mol. The summed E-state index contributed by atoms with van der Waals surface area (Å²) in [6.07, 6.45) is 1.69. The lowest BCUT2D eigenvalue weighted by molar-refractivity contribution is -0.133. The predicted octanol–water partition coefficient (Wildman–Crippen LogP) is 0.684. The van der Waals surface area contributed by atoms with Crippen molar-refractivity contribution < 1.29 is 14.3 Å². The summed E-state index contributed by atoms with van der Waals surface area (Å²) in [4.78, 5) is 10.3. The normalized spacial score (nSPS) is 41.8. The Kier molecular flexibility index (Phi) is 0.604. The molecular formula is C5H6O3. The van der Waals surface area contributed by atoms with Crippen LogP contribution in [0.4, 0.5) is 4.79 Å². The van der Waals surface area contributed by atoms with E-state index in [2.05, 4.69) is 0 Å². The van der Waals surface area contributed by atoms with Crippen LogP contribution in [0.5, 0.6) is 0 Å². The maximum Gasteiger partial charge on any atom is 0.508 e. The van der Waals surface area contributed by atoms with Gasteiger partial charge >= 0.3 is 6.16 Å². The van der Waals surface area contributed by atoms with Crippen molar-refractivity contribution in [1.29, 1.82) is 0 Å². The Morgan fingerprint density at radius 3 is 2.00 bits per heavy atom. The molecule has 44 valence electrons. The second kappa shape index (κ2) is 1.16. The van der Waals surface area contributed by atoms with Crippen molar-refractivity contribution in [3.05, 3.63) is 0 Å². The van der Waals surface area contributed by atoms with Gasteiger partial charge in [-0.2, -0.15) is 0 Å². The standard InChI is InChI=1S/C5H6O3/c6-5-7-3-1-4(2-3)8-5/h3-4H,1-2H2/t3-,4+. The minimum atomic E-state index is -0.488. The van der Waals surface area contributed by atoms with Gasteiger partial charge in [0.1, 0.15) is 12.2 Å². The van der Waals surface area contributed by atoms with Gasteiger partial charge in [0.15, 0.2) is 0 Å². The quantitative estimate of drug-likeness (QED) is 0.434. The molecule has 3 rings (SSSR count). The lowest BCUT2D eigenvalue weighted by atomic mass is 9.91. The summed E-state index contributed by atoms with van der Waals surface area (Å²) in [5.41, 5.74) is 0. The molecule has 0 spiro atoms. The molecule has 3 aliphatic rings. The Labute approximate surface area is 46.6 Å². The molecule has 0 unspecified atom stereocenters. The molecule has 0 aromatic carbocycles. The molecule has 0 amide bonds. The average Bonchev–Trinajstić information content (AvgIpc) is 1.62. The third kappa shape index (κ3) is 0.412. The zero-order valence-electron chi connectivity index (χ0n) is 4.29. The lowest BCUT2D eigenvalue weighted by Gasteiger charge is -2.38. The molecule has 0 atom stereocenters. The molecule has 0 aromatic heterocycles. The summed E-state index contributed by atoms with van der Waals surface area (Å²) in [6, 6.07) is 0. The van der Waals surface area contributed by atoms with Crippen molar-refractivity contribution >= 4 is 6.16 Å². The molecule has 3 heteroatoms. The van der Waals surface area contributed by atoms with E-state index < -0.39 is 6.16 Å². The van der Waals surface area contributed by atoms with E-state index in [0.29, 0.717) is 0 Å². The summed E-state index contributed by atoms with van der Waals surface area (Å²) < 4.78 is 9.38. The molecule has 2 heterocycles. The molecular weight excluding hydrogens is 108 g/mol. The summed E-state index contributed by atoms with van der Waals surface area (Å²) in [5, 5.41) is 0. The zero-order valence-corrected chi connectivity index (χ0v) is 4.29. The third-order valence-corrected chi connectivity index (χ3v) is 1.58. The smallest absolute Gasteiger partial charge is 0.431 e. The van der Waals surface area contributed by atoms with Crippen LogP contribution in [0.25, 0.3) is 0 Å². The Morgan fingerprint density at radius 2 is 1.75 bits per heavy atom. The van der Waals surface area contributed by atoms with E-state index in [1.807, 2.05) is 0 Å². The van der Waals surface area contributed by atoms with Gasteiger partial charge in [0.25, 0.3) is 0 Å². The SMILES string of the molecule is O=C1O[C@H]2C[C@H](C2)O1. The summed E-state index contributed by atoms with van der Waals surface area (Å²) in [5.74, 6) is 0. The molecule has 8 heavy (non-hydrogen) atoms. The van der Waals surface area contributed by atoms with E-state index >= 15 is 0 Å². The first kappa shape index (κ1) is 4.18. The fourth-order valence-electron chi connectivity index (χ4n) is 1.01. The molecule has 3 fully saturated rings. The number of ether oxygens (including phenoxy) is 2. The highest BCUT2D eigenvalue weighted by Gasteiger charge is 2.40. The summed E-state index contributed by atoms with van der Waals surface area (Å²) in [6.45, 7) is 0. The maximum absolute atomic E-state index is 10.3. The molecule has 2 saturated heterocycles. The summed E-state index contributed by atoms with van der Waals surface area (Å²) >= 11 is 0. The number of hydrogen-bond acceptors (Lipinski definition) is 3. The van der Waals surface area contributed by atoms with Gasteiger partial charge in [0, 0.05) is 12.8 Å². The van der Waals surface area contributed by atoms with Gasteiger partial charge in [-0.3, -0.25) is 0 Å². The Morgan fingerprint density at radius 1 is 1.25 bits per heavy atom. The van der Waals surface area contributed by atoms with Crippen LogP contribution in [0.2, 0.25) is 0 Å².